The third-order valence-electron chi connectivity index (χ3n) is 5.16. The molecule has 146 valence electrons. The van der Waals surface area contributed by atoms with Gasteiger partial charge in [0.25, 0.3) is 6.47 Å². The third kappa shape index (κ3) is 3.43. The molecule has 1 aliphatic rings. The van der Waals surface area contributed by atoms with Crippen LogP contribution in [0, 0.1) is 13.5 Å². The molecule has 29 heavy (non-hydrogen) atoms. The molecule has 0 aliphatic heterocycles. The summed E-state index contributed by atoms with van der Waals surface area (Å²) in [5.74, 6) is 1.79. The Balaban J connectivity index is 0.000000645. The first-order valence-electron chi connectivity index (χ1n) is 9.31. The number of nitrogens with zero attached hydrogens (tertiary/aromatic N) is 5. The molecule has 0 saturated heterocycles. The van der Waals surface area contributed by atoms with E-state index in [0.717, 1.165) is 52.1 Å². The van der Waals surface area contributed by atoms with E-state index in [1.165, 1.54) is 6.42 Å². The fourth-order valence-electron chi connectivity index (χ4n) is 3.71. The van der Waals surface area contributed by atoms with Gasteiger partial charge in [0.1, 0.15) is 17.1 Å². The Morgan fingerprint density at radius 2 is 2.14 bits per heavy atom. The van der Waals surface area contributed by atoms with E-state index in [0.29, 0.717) is 18.2 Å². The smallest absolute Gasteiger partial charge is 0.290 e. The maximum absolute atomic E-state index is 8.36. The molecule has 3 heterocycles. The molecular formula is C21H19N5O3. The van der Waals surface area contributed by atoms with E-state index >= 15 is 0 Å². The van der Waals surface area contributed by atoms with Gasteiger partial charge in [-0.3, -0.25) is 9.78 Å². The first kappa shape index (κ1) is 18.6. The normalized spacial score (nSPS) is 13.5. The van der Waals surface area contributed by atoms with Crippen molar-refractivity contribution in [1.29, 1.82) is 0 Å². The van der Waals surface area contributed by atoms with Crippen molar-refractivity contribution in [3.63, 3.8) is 0 Å². The molecule has 0 amide bonds. The summed E-state index contributed by atoms with van der Waals surface area (Å²) in [6.45, 7) is 8.98. The number of aryl methyl sites for hydroxylation is 1. The van der Waals surface area contributed by atoms with Crippen molar-refractivity contribution in [2.75, 3.05) is 0 Å². The minimum Gasteiger partial charge on any atom is -0.483 e. The second-order valence-electron chi connectivity index (χ2n) is 7.00. The molecule has 1 N–H and O–H groups in total. The van der Waals surface area contributed by atoms with Gasteiger partial charge in [-0.15, -0.1) is 0 Å². The van der Waals surface area contributed by atoms with Crippen LogP contribution >= 0.6 is 0 Å². The highest BCUT2D eigenvalue weighted by Crippen LogP contribution is 2.38. The number of pyridine rings is 1. The number of carboxylic acid groups (broad SMARTS) is 1. The van der Waals surface area contributed by atoms with Crippen molar-refractivity contribution in [3.05, 3.63) is 59.2 Å². The molecule has 8 heteroatoms. The maximum atomic E-state index is 8.36. The SMILES string of the molecule is O=CO.[C-]#[N+]c1ccc2ncc3nc(Cc4cc(C)on4)n(C4CCC4)c3c2c1. The van der Waals surface area contributed by atoms with E-state index in [1.54, 1.807) is 0 Å². The summed E-state index contributed by atoms with van der Waals surface area (Å²) < 4.78 is 7.57. The Labute approximate surface area is 166 Å². The first-order valence-corrected chi connectivity index (χ1v) is 9.31. The molecule has 1 fully saturated rings. The summed E-state index contributed by atoms with van der Waals surface area (Å²) in [6, 6.07) is 8.07. The van der Waals surface area contributed by atoms with Crippen LogP contribution in [0.3, 0.4) is 0 Å². The standard InChI is InChI=1S/C20H17N5O.CH2O2/c1-12-8-14(24-26-12)10-19-23-18-11-22-17-7-6-13(21-2)9-16(17)20(18)25(19)15-4-3-5-15;2-1-3/h6-9,11,15H,3-5,10H2,1H3;1H,(H,2,3). The number of rotatable bonds is 3. The molecule has 1 aromatic carbocycles. The lowest BCUT2D eigenvalue weighted by atomic mass is 9.92. The largest absolute Gasteiger partial charge is 0.483 e. The summed E-state index contributed by atoms with van der Waals surface area (Å²) in [5.41, 5.74) is 4.37. The number of hydrogen-bond acceptors (Lipinski definition) is 5. The van der Waals surface area contributed by atoms with E-state index < -0.39 is 0 Å². The molecule has 0 atom stereocenters. The minimum absolute atomic E-state index is 0.250. The van der Waals surface area contributed by atoms with E-state index in [-0.39, 0.29) is 6.47 Å². The Morgan fingerprint density at radius 3 is 2.76 bits per heavy atom. The molecule has 0 radical (unpaired) electrons. The quantitative estimate of drug-likeness (QED) is 0.411. The van der Waals surface area contributed by atoms with Crippen LogP contribution in [0.15, 0.2) is 35.0 Å². The van der Waals surface area contributed by atoms with Gasteiger partial charge >= 0.3 is 0 Å². The second-order valence-corrected chi connectivity index (χ2v) is 7.00. The van der Waals surface area contributed by atoms with Crippen LogP contribution in [0.4, 0.5) is 5.69 Å². The monoisotopic (exact) mass is 389 g/mol. The third-order valence-corrected chi connectivity index (χ3v) is 5.16. The highest BCUT2D eigenvalue weighted by molar-refractivity contribution is 6.03. The van der Waals surface area contributed by atoms with Crippen molar-refractivity contribution in [2.45, 2.75) is 38.6 Å². The number of imidazole rings is 1. The highest BCUT2D eigenvalue weighted by atomic mass is 16.5. The highest BCUT2D eigenvalue weighted by Gasteiger charge is 2.26. The van der Waals surface area contributed by atoms with Gasteiger partial charge in [0.15, 0.2) is 5.69 Å². The second kappa shape index (κ2) is 7.72. The van der Waals surface area contributed by atoms with Crippen LogP contribution in [0.25, 0.3) is 26.8 Å². The van der Waals surface area contributed by atoms with Crippen molar-refractivity contribution in [2.24, 2.45) is 0 Å². The van der Waals surface area contributed by atoms with Crippen molar-refractivity contribution >= 4 is 34.1 Å². The van der Waals surface area contributed by atoms with E-state index in [1.807, 2.05) is 37.4 Å². The predicted molar refractivity (Wildman–Crippen MR) is 107 cm³/mol. The number of carbonyl (C=O) groups is 1. The average molecular weight is 389 g/mol. The number of fused-ring (bicyclic) bond motifs is 3. The Bertz CT molecular complexity index is 1230. The molecule has 0 spiro atoms. The minimum atomic E-state index is -0.250. The Kier molecular flexibility index (Phi) is 4.96. The van der Waals surface area contributed by atoms with Gasteiger partial charge in [-0.25, -0.2) is 9.83 Å². The fraction of sp³-hybridized carbons (Fsp3) is 0.286. The lowest BCUT2D eigenvalue weighted by Crippen LogP contribution is -2.19. The molecule has 1 aliphatic carbocycles. The van der Waals surface area contributed by atoms with E-state index in [2.05, 4.69) is 19.6 Å². The van der Waals surface area contributed by atoms with Gasteiger partial charge in [-0.2, -0.15) is 0 Å². The first-order chi connectivity index (χ1) is 14.1. The molecule has 5 rings (SSSR count). The van der Waals surface area contributed by atoms with Crippen LogP contribution in [0.1, 0.15) is 42.6 Å². The summed E-state index contributed by atoms with van der Waals surface area (Å²) in [7, 11) is 0. The van der Waals surface area contributed by atoms with Gasteiger partial charge in [0.2, 0.25) is 0 Å². The Hall–Kier alpha value is -3.73. The average Bonchev–Trinajstić information content (AvgIpc) is 3.24. The van der Waals surface area contributed by atoms with E-state index in [4.69, 9.17) is 26.0 Å². The molecule has 0 unspecified atom stereocenters. The Morgan fingerprint density at radius 1 is 1.34 bits per heavy atom. The number of aromatic nitrogens is 4. The van der Waals surface area contributed by atoms with Crippen molar-refractivity contribution in [3.8, 4) is 0 Å². The summed E-state index contributed by atoms with van der Waals surface area (Å²) in [4.78, 5) is 21.4. The van der Waals surface area contributed by atoms with Gasteiger partial charge in [-0.1, -0.05) is 11.2 Å². The van der Waals surface area contributed by atoms with Crippen molar-refractivity contribution in [1.82, 2.24) is 19.7 Å². The van der Waals surface area contributed by atoms with Crippen LogP contribution < -0.4 is 0 Å². The molecular weight excluding hydrogens is 370 g/mol. The van der Waals surface area contributed by atoms with Gasteiger partial charge < -0.3 is 14.2 Å². The van der Waals surface area contributed by atoms with Crippen LogP contribution in [-0.4, -0.2) is 31.3 Å². The summed E-state index contributed by atoms with van der Waals surface area (Å²) >= 11 is 0. The maximum Gasteiger partial charge on any atom is 0.290 e. The number of benzene rings is 1. The van der Waals surface area contributed by atoms with Crippen molar-refractivity contribution < 1.29 is 14.4 Å². The molecule has 8 nitrogen and oxygen atoms in total. The summed E-state index contributed by atoms with van der Waals surface area (Å²) in [6.07, 6.45) is 6.02. The van der Waals surface area contributed by atoms with Crippen LogP contribution in [0.2, 0.25) is 0 Å². The molecule has 4 aromatic rings. The summed E-state index contributed by atoms with van der Waals surface area (Å²) in [5, 5.41) is 12.0. The van der Waals surface area contributed by atoms with Crippen LogP contribution in [-0.2, 0) is 11.2 Å². The molecule has 1 saturated carbocycles. The zero-order valence-corrected chi connectivity index (χ0v) is 15.9. The van der Waals surface area contributed by atoms with Gasteiger partial charge in [0, 0.05) is 17.5 Å². The zero-order valence-electron chi connectivity index (χ0n) is 15.9. The lowest BCUT2D eigenvalue weighted by Gasteiger charge is -2.29. The van der Waals surface area contributed by atoms with E-state index in [9.17, 15) is 0 Å². The lowest BCUT2D eigenvalue weighted by molar-refractivity contribution is -0.122. The topological polar surface area (TPSA) is 98.4 Å². The van der Waals surface area contributed by atoms with Crippen LogP contribution in [0.5, 0.6) is 0 Å². The fourth-order valence-corrected chi connectivity index (χ4v) is 3.71. The molecule has 3 aromatic heterocycles. The number of hydrogen-bond donors (Lipinski definition) is 1. The zero-order chi connectivity index (χ0) is 20.4. The molecule has 0 bridgehead atoms. The van der Waals surface area contributed by atoms with Gasteiger partial charge in [0.05, 0.1) is 35.9 Å². The van der Waals surface area contributed by atoms with Gasteiger partial charge in [-0.05, 0) is 38.3 Å². The predicted octanol–water partition coefficient (Wildman–Crippen LogP) is 4.45.